The second-order valence-electron chi connectivity index (χ2n) is 9.07. The number of rotatable bonds is 3. The fraction of sp³-hybridized carbons (Fsp3) is 0.682. The lowest BCUT2D eigenvalue weighted by atomic mass is 9.90. The van der Waals surface area contributed by atoms with E-state index in [0.29, 0.717) is 12.5 Å². The van der Waals surface area contributed by atoms with Crippen molar-refractivity contribution in [2.45, 2.75) is 38.4 Å². The molecule has 1 saturated carbocycles. The molecular weight excluding hydrogens is 379 g/mol. The molecule has 160 valence electrons. The zero-order valence-corrected chi connectivity index (χ0v) is 17.0. The van der Waals surface area contributed by atoms with E-state index in [9.17, 15) is 18.0 Å². The molecule has 2 aliphatic heterocycles. The molecule has 4 rings (SSSR count). The Bertz CT molecular complexity index is 726. The van der Waals surface area contributed by atoms with Crippen LogP contribution in [0, 0.1) is 11.3 Å². The van der Waals surface area contributed by atoms with Crippen molar-refractivity contribution in [2.75, 3.05) is 46.3 Å². The van der Waals surface area contributed by atoms with Crippen molar-refractivity contribution in [2.24, 2.45) is 11.3 Å². The van der Waals surface area contributed by atoms with Gasteiger partial charge in [0.05, 0.1) is 5.56 Å². The van der Waals surface area contributed by atoms with E-state index in [4.69, 9.17) is 0 Å². The van der Waals surface area contributed by atoms with Crippen molar-refractivity contribution in [1.29, 1.82) is 0 Å². The Morgan fingerprint density at radius 2 is 1.72 bits per heavy atom. The van der Waals surface area contributed by atoms with Crippen LogP contribution in [0.5, 0.6) is 0 Å². The maximum atomic E-state index is 13.0. The SMILES string of the molecule is CN1CCCN(C(=O)C2CC23CCN(Cc2ccc(C(F)(F)F)cc2)CC3)CC1. The summed E-state index contributed by atoms with van der Waals surface area (Å²) in [6.07, 6.45) is -0.211. The van der Waals surface area contributed by atoms with Gasteiger partial charge in [-0.05, 0) is 75.5 Å². The Kier molecular flexibility index (Phi) is 5.64. The molecule has 7 heteroatoms. The van der Waals surface area contributed by atoms with Crippen LogP contribution < -0.4 is 0 Å². The van der Waals surface area contributed by atoms with Gasteiger partial charge in [0.2, 0.25) is 5.91 Å². The molecule has 3 aliphatic rings. The van der Waals surface area contributed by atoms with Gasteiger partial charge in [0.25, 0.3) is 0 Å². The molecule has 2 saturated heterocycles. The largest absolute Gasteiger partial charge is 0.416 e. The summed E-state index contributed by atoms with van der Waals surface area (Å²) in [6.45, 7) is 6.20. The molecule has 1 aromatic carbocycles. The maximum absolute atomic E-state index is 13.0. The molecule has 1 aliphatic carbocycles. The highest BCUT2D eigenvalue weighted by molar-refractivity contribution is 5.82. The van der Waals surface area contributed by atoms with Gasteiger partial charge in [-0.1, -0.05) is 12.1 Å². The second-order valence-corrected chi connectivity index (χ2v) is 9.07. The topological polar surface area (TPSA) is 26.8 Å². The number of alkyl halides is 3. The molecule has 0 radical (unpaired) electrons. The second kappa shape index (κ2) is 7.91. The Labute approximate surface area is 170 Å². The Balaban J connectivity index is 1.27. The number of nitrogens with zero attached hydrogens (tertiary/aromatic N) is 3. The van der Waals surface area contributed by atoms with E-state index in [1.165, 1.54) is 0 Å². The fourth-order valence-corrected chi connectivity index (χ4v) is 4.95. The van der Waals surface area contributed by atoms with Crippen LogP contribution in [0.1, 0.15) is 36.8 Å². The van der Waals surface area contributed by atoms with E-state index in [1.54, 1.807) is 12.1 Å². The highest BCUT2D eigenvalue weighted by atomic mass is 19.4. The summed E-state index contributed by atoms with van der Waals surface area (Å²) < 4.78 is 38.1. The van der Waals surface area contributed by atoms with Crippen molar-refractivity contribution >= 4 is 5.91 Å². The van der Waals surface area contributed by atoms with Gasteiger partial charge in [0.15, 0.2) is 0 Å². The minimum Gasteiger partial charge on any atom is -0.341 e. The van der Waals surface area contributed by atoms with E-state index >= 15 is 0 Å². The van der Waals surface area contributed by atoms with Gasteiger partial charge >= 0.3 is 6.18 Å². The lowest BCUT2D eigenvalue weighted by molar-refractivity contribution is -0.137. The molecular formula is C22H30F3N3O. The molecule has 29 heavy (non-hydrogen) atoms. The average Bonchev–Trinajstić information content (AvgIpc) is 3.43. The number of hydrogen-bond donors (Lipinski definition) is 0. The number of amides is 1. The summed E-state index contributed by atoms with van der Waals surface area (Å²) in [5.74, 6) is 0.524. The predicted molar refractivity (Wildman–Crippen MR) is 105 cm³/mol. The summed E-state index contributed by atoms with van der Waals surface area (Å²) in [5.41, 5.74) is 0.482. The van der Waals surface area contributed by atoms with Gasteiger partial charge in [-0.2, -0.15) is 13.2 Å². The number of carbonyl (C=O) groups is 1. The Hall–Kier alpha value is -1.60. The standard InChI is InChI=1S/C22H30F3N3O/c1-26-9-2-10-28(14-13-26)20(29)19-15-21(19)7-11-27(12-8-21)16-17-3-5-18(6-4-17)22(23,24)25/h3-6,19H,2,7-16H2,1H3. The number of halogens is 3. The zero-order valence-electron chi connectivity index (χ0n) is 17.0. The first-order valence-electron chi connectivity index (χ1n) is 10.6. The predicted octanol–water partition coefficient (Wildman–Crippen LogP) is 3.47. The molecule has 3 fully saturated rings. The number of carbonyl (C=O) groups excluding carboxylic acids is 1. The van der Waals surface area contributed by atoms with Gasteiger partial charge in [0, 0.05) is 32.1 Å². The van der Waals surface area contributed by atoms with Crippen LogP contribution in [0.2, 0.25) is 0 Å². The highest BCUT2D eigenvalue weighted by Gasteiger charge is 2.59. The van der Waals surface area contributed by atoms with Gasteiger partial charge in [-0.15, -0.1) is 0 Å². The van der Waals surface area contributed by atoms with Crippen LogP contribution in [-0.4, -0.2) is 66.9 Å². The number of piperidine rings is 1. The molecule has 0 N–H and O–H groups in total. The third kappa shape index (κ3) is 4.61. The molecule has 0 bridgehead atoms. The lowest BCUT2D eigenvalue weighted by Crippen LogP contribution is -2.39. The van der Waals surface area contributed by atoms with Crippen molar-refractivity contribution in [3.63, 3.8) is 0 Å². The summed E-state index contributed by atoms with van der Waals surface area (Å²) >= 11 is 0. The molecule has 1 unspecified atom stereocenters. The van der Waals surface area contributed by atoms with Crippen LogP contribution in [0.15, 0.2) is 24.3 Å². The number of benzene rings is 1. The molecule has 0 aromatic heterocycles. The van der Waals surface area contributed by atoms with Crippen molar-refractivity contribution in [1.82, 2.24) is 14.7 Å². The maximum Gasteiger partial charge on any atom is 0.416 e. The van der Waals surface area contributed by atoms with Crippen LogP contribution in [0.25, 0.3) is 0 Å². The van der Waals surface area contributed by atoms with E-state index in [0.717, 1.165) is 82.6 Å². The first-order valence-corrected chi connectivity index (χ1v) is 10.6. The molecule has 4 nitrogen and oxygen atoms in total. The van der Waals surface area contributed by atoms with Crippen molar-refractivity contribution < 1.29 is 18.0 Å². The summed E-state index contributed by atoms with van der Waals surface area (Å²) in [7, 11) is 2.11. The first-order chi connectivity index (χ1) is 13.8. The first kappa shape index (κ1) is 20.7. The Morgan fingerprint density at radius 1 is 1.03 bits per heavy atom. The smallest absolute Gasteiger partial charge is 0.341 e. The number of likely N-dealkylation sites (N-methyl/N-ethyl adjacent to an activating group) is 1. The number of hydrogen-bond acceptors (Lipinski definition) is 3. The summed E-state index contributed by atoms with van der Waals surface area (Å²) in [5, 5.41) is 0. The van der Waals surface area contributed by atoms with Crippen molar-refractivity contribution in [3.8, 4) is 0 Å². The Morgan fingerprint density at radius 3 is 2.38 bits per heavy atom. The minimum absolute atomic E-state index is 0.173. The monoisotopic (exact) mass is 409 g/mol. The van der Waals surface area contributed by atoms with Crippen LogP contribution in [-0.2, 0) is 17.5 Å². The van der Waals surface area contributed by atoms with Gasteiger partial charge in [0.1, 0.15) is 0 Å². The minimum atomic E-state index is -4.29. The van der Waals surface area contributed by atoms with Crippen LogP contribution in [0.3, 0.4) is 0 Å². The highest BCUT2D eigenvalue weighted by Crippen LogP contribution is 2.60. The third-order valence-corrected chi connectivity index (χ3v) is 7.06. The fourth-order valence-electron chi connectivity index (χ4n) is 4.95. The molecule has 1 spiro atoms. The quantitative estimate of drug-likeness (QED) is 0.765. The number of likely N-dealkylation sites (tertiary alicyclic amines) is 1. The van der Waals surface area contributed by atoms with E-state index in [1.807, 2.05) is 0 Å². The van der Waals surface area contributed by atoms with Gasteiger partial charge in [-0.25, -0.2) is 0 Å². The third-order valence-electron chi connectivity index (χ3n) is 7.06. The normalized spacial score (nSPS) is 25.8. The van der Waals surface area contributed by atoms with Crippen LogP contribution >= 0.6 is 0 Å². The van der Waals surface area contributed by atoms with E-state index < -0.39 is 11.7 Å². The summed E-state index contributed by atoms with van der Waals surface area (Å²) in [4.78, 5) is 19.6. The lowest BCUT2D eigenvalue weighted by Gasteiger charge is -2.33. The van der Waals surface area contributed by atoms with E-state index in [-0.39, 0.29) is 11.3 Å². The van der Waals surface area contributed by atoms with Crippen molar-refractivity contribution in [3.05, 3.63) is 35.4 Å². The molecule has 2 heterocycles. The molecule has 1 atom stereocenters. The van der Waals surface area contributed by atoms with Gasteiger partial charge < -0.3 is 9.80 Å². The zero-order chi connectivity index (χ0) is 20.6. The molecule has 1 aromatic rings. The average molecular weight is 409 g/mol. The van der Waals surface area contributed by atoms with Crippen LogP contribution in [0.4, 0.5) is 13.2 Å². The summed E-state index contributed by atoms with van der Waals surface area (Å²) in [6, 6.07) is 5.48. The molecule has 1 amide bonds. The van der Waals surface area contributed by atoms with Gasteiger partial charge in [-0.3, -0.25) is 9.69 Å². The van der Waals surface area contributed by atoms with E-state index in [2.05, 4.69) is 21.7 Å².